The monoisotopic (exact) mass is 432 g/mol. The number of ether oxygens (including phenoxy) is 1. The van der Waals surface area contributed by atoms with Crippen molar-refractivity contribution in [2.45, 2.75) is 25.2 Å². The predicted molar refractivity (Wildman–Crippen MR) is 129 cm³/mol. The molecule has 2 aliphatic rings. The third-order valence-electron chi connectivity index (χ3n) is 6.97. The van der Waals surface area contributed by atoms with Crippen LogP contribution in [0.1, 0.15) is 30.0 Å². The Balaban J connectivity index is 1.11. The van der Waals surface area contributed by atoms with Crippen molar-refractivity contribution in [3.05, 3.63) is 59.8 Å². The number of para-hydroxylation sites is 1. The largest absolute Gasteiger partial charge is 0.497 e. The number of hydrogen-bond donors (Lipinski definition) is 2. The van der Waals surface area contributed by atoms with Gasteiger partial charge < -0.3 is 19.9 Å². The number of anilines is 1. The molecule has 1 saturated heterocycles. The van der Waals surface area contributed by atoms with Crippen molar-refractivity contribution >= 4 is 22.5 Å². The zero-order chi connectivity index (χ0) is 21.9. The maximum atomic E-state index is 13.0. The Hall–Kier alpha value is -2.99. The van der Waals surface area contributed by atoms with Crippen LogP contribution in [0.4, 0.5) is 5.69 Å². The van der Waals surface area contributed by atoms with Crippen LogP contribution < -0.4 is 15.0 Å². The molecule has 0 saturated carbocycles. The molecule has 2 N–H and O–H groups in total. The standard InChI is InChI=1S/C26H32N4O2/c1-32-20-11-9-19(10-12-20)30-17-15-29(16-18-30)14-13-27-26(31)23-7-4-6-22-21-5-2-3-8-24(21)28-25(22)23/h2-3,5,8-12,23,28H,4,6-7,13-18H2,1H3,(H,27,31). The van der Waals surface area contributed by atoms with E-state index in [9.17, 15) is 4.79 Å². The zero-order valence-electron chi connectivity index (χ0n) is 18.8. The molecule has 5 rings (SSSR count). The number of carbonyl (C=O) groups excluding carboxylic acids is 1. The van der Waals surface area contributed by atoms with Gasteiger partial charge in [-0.15, -0.1) is 0 Å². The van der Waals surface area contributed by atoms with Crippen LogP contribution in [0.15, 0.2) is 48.5 Å². The lowest BCUT2D eigenvalue weighted by atomic mass is 9.86. The Bertz CT molecular complexity index is 1070. The maximum Gasteiger partial charge on any atom is 0.229 e. The van der Waals surface area contributed by atoms with Crippen LogP contribution in [0.5, 0.6) is 5.75 Å². The molecule has 1 unspecified atom stereocenters. The highest BCUT2D eigenvalue weighted by Gasteiger charge is 2.29. The molecule has 1 aliphatic heterocycles. The van der Waals surface area contributed by atoms with Crippen LogP contribution >= 0.6 is 0 Å². The number of hydrogen-bond acceptors (Lipinski definition) is 4. The Labute approximate surface area is 189 Å². The number of benzene rings is 2. The Morgan fingerprint density at radius 3 is 2.66 bits per heavy atom. The van der Waals surface area contributed by atoms with Crippen molar-refractivity contribution in [1.82, 2.24) is 15.2 Å². The third kappa shape index (κ3) is 4.19. The minimum Gasteiger partial charge on any atom is -0.497 e. The molecule has 1 amide bonds. The van der Waals surface area contributed by atoms with E-state index in [4.69, 9.17) is 4.74 Å². The molecular weight excluding hydrogens is 400 g/mol. The Morgan fingerprint density at radius 2 is 1.88 bits per heavy atom. The number of piperazine rings is 1. The number of amides is 1. The molecule has 0 spiro atoms. The second kappa shape index (κ2) is 9.25. The van der Waals surface area contributed by atoms with Gasteiger partial charge in [0.2, 0.25) is 5.91 Å². The van der Waals surface area contributed by atoms with Gasteiger partial charge in [0.25, 0.3) is 0 Å². The van der Waals surface area contributed by atoms with Gasteiger partial charge in [0.15, 0.2) is 0 Å². The molecule has 2 heterocycles. The van der Waals surface area contributed by atoms with Crippen LogP contribution in [-0.2, 0) is 11.2 Å². The highest BCUT2D eigenvalue weighted by Crippen LogP contribution is 2.36. The summed E-state index contributed by atoms with van der Waals surface area (Å²) in [5.41, 5.74) is 4.85. The molecule has 32 heavy (non-hydrogen) atoms. The Morgan fingerprint density at radius 1 is 1.09 bits per heavy atom. The number of nitrogens with one attached hydrogen (secondary N) is 2. The van der Waals surface area contributed by atoms with Crippen LogP contribution in [0.3, 0.4) is 0 Å². The van der Waals surface area contributed by atoms with Gasteiger partial charge in [-0.05, 0) is 55.2 Å². The summed E-state index contributed by atoms with van der Waals surface area (Å²) >= 11 is 0. The average molecular weight is 433 g/mol. The zero-order valence-corrected chi connectivity index (χ0v) is 18.8. The van der Waals surface area contributed by atoms with E-state index in [2.05, 4.69) is 50.4 Å². The summed E-state index contributed by atoms with van der Waals surface area (Å²) in [7, 11) is 1.69. The predicted octanol–water partition coefficient (Wildman–Crippen LogP) is 3.53. The number of H-pyrrole nitrogens is 1. The average Bonchev–Trinajstić information content (AvgIpc) is 3.23. The first kappa shape index (κ1) is 20.9. The van der Waals surface area contributed by atoms with Gasteiger partial charge in [-0.25, -0.2) is 0 Å². The highest BCUT2D eigenvalue weighted by atomic mass is 16.5. The van der Waals surface area contributed by atoms with Crippen molar-refractivity contribution in [2.75, 3.05) is 51.3 Å². The van der Waals surface area contributed by atoms with Crippen LogP contribution in [0, 0.1) is 0 Å². The number of nitrogens with zero attached hydrogens (tertiary/aromatic N) is 2. The molecule has 1 atom stereocenters. The van der Waals surface area contributed by atoms with Crippen LogP contribution in [0.2, 0.25) is 0 Å². The van der Waals surface area contributed by atoms with E-state index in [0.29, 0.717) is 6.54 Å². The van der Waals surface area contributed by atoms with E-state index < -0.39 is 0 Å². The van der Waals surface area contributed by atoms with E-state index in [1.165, 1.54) is 16.6 Å². The van der Waals surface area contributed by atoms with Crippen LogP contribution in [-0.4, -0.2) is 62.2 Å². The topological polar surface area (TPSA) is 60.6 Å². The van der Waals surface area contributed by atoms with Gasteiger partial charge in [-0.3, -0.25) is 9.69 Å². The third-order valence-corrected chi connectivity index (χ3v) is 6.97. The van der Waals surface area contributed by atoms with Crippen molar-refractivity contribution in [3.8, 4) is 5.75 Å². The number of methoxy groups -OCH3 is 1. The molecule has 1 aliphatic carbocycles. The van der Waals surface area contributed by atoms with E-state index in [1.54, 1.807) is 7.11 Å². The summed E-state index contributed by atoms with van der Waals surface area (Å²) < 4.78 is 5.25. The number of carbonyl (C=O) groups is 1. The van der Waals surface area contributed by atoms with E-state index >= 15 is 0 Å². The number of fused-ring (bicyclic) bond motifs is 3. The maximum absolute atomic E-state index is 13.0. The lowest BCUT2D eigenvalue weighted by Gasteiger charge is -2.36. The van der Waals surface area contributed by atoms with Gasteiger partial charge in [0, 0.05) is 61.6 Å². The fourth-order valence-electron chi connectivity index (χ4n) is 5.16. The lowest BCUT2D eigenvalue weighted by Crippen LogP contribution is -2.48. The molecule has 6 nitrogen and oxygen atoms in total. The van der Waals surface area contributed by atoms with Gasteiger partial charge in [0.1, 0.15) is 5.75 Å². The quantitative estimate of drug-likeness (QED) is 0.626. The molecular formula is C26H32N4O2. The number of aryl methyl sites for hydroxylation is 1. The number of rotatable bonds is 6. The molecule has 1 fully saturated rings. The fourth-order valence-corrected chi connectivity index (χ4v) is 5.16. The molecule has 6 heteroatoms. The number of aromatic amines is 1. The number of aromatic nitrogens is 1. The molecule has 0 bridgehead atoms. The summed E-state index contributed by atoms with van der Waals surface area (Å²) in [5.74, 6) is 0.994. The molecule has 2 aromatic carbocycles. The summed E-state index contributed by atoms with van der Waals surface area (Å²) in [4.78, 5) is 21.4. The minimum atomic E-state index is -0.0573. The first-order valence-corrected chi connectivity index (χ1v) is 11.7. The normalized spacial score (nSPS) is 19.0. The molecule has 0 radical (unpaired) electrons. The van der Waals surface area contributed by atoms with E-state index in [0.717, 1.165) is 68.9 Å². The summed E-state index contributed by atoms with van der Waals surface area (Å²) in [6.45, 7) is 5.62. The first-order valence-electron chi connectivity index (χ1n) is 11.7. The van der Waals surface area contributed by atoms with Gasteiger partial charge in [-0.1, -0.05) is 18.2 Å². The lowest BCUT2D eigenvalue weighted by molar-refractivity contribution is -0.123. The smallest absolute Gasteiger partial charge is 0.229 e. The highest BCUT2D eigenvalue weighted by molar-refractivity contribution is 5.90. The van der Waals surface area contributed by atoms with E-state index in [1.807, 2.05) is 18.2 Å². The summed E-state index contributed by atoms with van der Waals surface area (Å²) in [6, 6.07) is 16.7. The molecule has 168 valence electrons. The SMILES string of the molecule is COc1ccc(N2CCN(CCNC(=O)C3CCCc4c3[nH]c3ccccc43)CC2)cc1. The Kier molecular flexibility index (Phi) is 6.04. The second-order valence-corrected chi connectivity index (χ2v) is 8.83. The van der Waals surface area contributed by atoms with Gasteiger partial charge >= 0.3 is 0 Å². The fraction of sp³-hybridized carbons (Fsp3) is 0.423. The van der Waals surface area contributed by atoms with E-state index in [-0.39, 0.29) is 11.8 Å². The van der Waals surface area contributed by atoms with Crippen LogP contribution in [0.25, 0.3) is 10.9 Å². The van der Waals surface area contributed by atoms with Crippen molar-refractivity contribution in [2.24, 2.45) is 0 Å². The van der Waals surface area contributed by atoms with Gasteiger partial charge in [-0.2, -0.15) is 0 Å². The van der Waals surface area contributed by atoms with Crippen molar-refractivity contribution in [3.63, 3.8) is 0 Å². The molecule has 1 aromatic heterocycles. The van der Waals surface area contributed by atoms with Crippen molar-refractivity contribution in [1.29, 1.82) is 0 Å². The summed E-state index contributed by atoms with van der Waals surface area (Å²) in [5, 5.41) is 4.49. The first-order chi connectivity index (χ1) is 15.7. The summed E-state index contributed by atoms with van der Waals surface area (Å²) in [6.07, 6.45) is 3.05. The molecule has 3 aromatic rings. The second-order valence-electron chi connectivity index (χ2n) is 8.83. The van der Waals surface area contributed by atoms with Gasteiger partial charge in [0.05, 0.1) is 13.0 Å². The van der Waals surface area contributed by atoms with Crippen molar-refractivity contribution < 1.29 is 9.53 Å². The minimum absolute atomic E-state index is 0.0573.